The SMILES string of the molecule is CC(C)CC(=O)OCC(C(C)C)C(CC(C)C)OC(=O)CC(C)C. The Morgan fingerprint density at radius 3 is 1.67 bits per heavy atom. The summed E-state index contributed by atoms with van der Waals surface area (Å²) < 4.78 is 11.3. The van der Waals surface area contributed by atoms with Gasteiger partial charge in [0.05, 0.1) is 6.61 Å². The number of ether oxygens (including phenoxy) is 2. The fraction of sp³-hybridized carbons (Fsp3) is 0.900. The van der Waals surface area contributed by atoms with E-state index in [9.17, 15) is 9.59 Å². The molecule has 0 saturated carbocycles. The number of esters is 2. The molecule has 0 fully saturated rings. The average molecular weight is 343 g/mol. The van der Waals surface area contributed by atoms with Gasteiger partial charge in [-0.25, -0.2) is 0 Å². The Labute approximate surface area is 148 Å². The monoisotopic (exact) mass is 342 g/mol. The second-order valence-electron chi connectivity index (χ2n) is 8.44. The van der Waals surface area contributed by atoms with E-state index in [4.69, 9.17) is 9.47 Å². The van der Waals surface area contributed by atoms with Crippen LogP contribution in [0.2, 0.25) is 0 Å². The Kier molecular flexibility index (Phi) is 11.0. The van der Waals surface area contributed by atoms with Gasteiger partial charge in [0, 0.05) is 18.8 Å². The van der Waals surface area contributed by atoms with E-state index in [1.165, 1.54) is 0 Å². The summed E-state index contributed by atoms with van der Waals surface area (Å²) in [5.74, 6) is 0.938. The Morgan fingerprint density at radius 2 is 1.25 bits per heavy atom. The van der Waals surface area contributed by atoms with Gasteiger partial charge in [0.1, 0.15) is 6.10 Å². The van der Waals surface area contributed by atoms with Crippen LogP contribution in [0.25, 0.3) is 0 Å². The Balaban J connectivity index is 4.91. The van der Waals surface area contributed by atoms with E-state index in [-0.39, 0.29) is 41.7 Å². The minimum Gasteiger partial charge on any atom is -0.465 e. The summed E-state index contributed by atoms with van der Waals surface area (Å²) in [6.07, 6.45) is 1.43. The third-order valence-corrected chi connectivity index (χ3v) is 3.91. The zero-order chi connectivity index (χ0) is 18.9. The highest BCUT2D eigenvalue weighted by molar-refractivity contribution is 5.70. The smallest absolute Gasteiger partial charge is 0.306 e. The molecule has 0 aromatic rings. The molecule has 0 N–H and O–H groups in total. The van der Waals surface area contributed by atoms with Gasteiger partial charge in [-0.2, -0.15) is 0 Å². The van der Waals surface area contributed by atoms with Gasteiger partial charge in [0.15, 0.2) is 0 Å². The summed E-state index contributed by atoms with van der Waals surface area (Å²) in [6, 6.07) is 0. The summed E-state index contributed by atoms with van der Waals surface area (Å²) >= 11 is 0. The van der Waals surface area contributed by atoms with Gasteiger partial charge in [0.2, 0.25) is 0 Å². The van der Waals surface area contributed by atoms with Crippen molar-refractivity contribution in [1.82, 2.24) is 0 Å². The minimum atomic E-state index is -0.205. The highest BCUT2D eigenvalue weighted by Gasteiger charge is 2.30. The summed E-state index contributed by atoms with van der Waals surface area (Å²) in [5, 5.41) is 0. The fourth-order valence-electron chi connectivity index (χ4n) is 2.64. The second-order valence-corrected chi connectivity index (χ2v) is 8.44. The molecule has 0 radical (unpaired) electrons. The molecule has 0 aromatic carbocycles. The molecule has 0 aliphatic heterocycles. The Bertz CT molecular complexity index is 372. The molecule has 24 heavy (non-hydrogen) atoms. The third-order valence-electron chi connectivity index (χ3n) is 3.91. The molecule has 0 bridgehead atoms. The van der Waals surface area contributed by atoms with E-state index in [0.717, 1.165) is 6.42 Å². The molecular formula is C20H38O4. The minimum absolute atomic E-state index is 0.0274. The average Bonchev–Trinajstić information content (AvgIpc) is 2.35. The first-order chi connectivity index (χ1) is 11.0. The predicted octanol–water partition coefficient (Wildman–Crippen LogP) is 4.85. The van der Waals surface area contributed by atoms with Crippen LogP contribution in [0.15, 0.2) is 0 Å². The van der Waals surface area contributed by atoms with E-state index in [1.54, 1.807) is 0 Å². The topological polar surface area (TPSA) is 52.6 Å². The van der Waals surface area contributed by atoms with Gasteiger partial charge in [-0.15, -0.1) is 0 Å². The van der Waals surface area contributed by atoms with Crippen LogP contribution in [0.4, 0.5) is 0 Å². The van der Waals surface area contributed by atoms with Crippen molar-refractivity contribution >= 4 is 11.9 Å². The molecular weight excluding hydrogens is 304 g/mol. The van der Waals surface area contributed by atoms with Crippen LogP contribution in [0.5, 0.6) is 0 Å². The zero-order valence-electron chi connectivity index (χ0n) is 16.9. The molecule has 0 heterocycles. The van der Waals surface area contributed by atoms with Crippen LogP contribution in [-0.2, 0) is 19.1 Å². The first-order valence-corrected chi connectivity index (χ1v) is 9.37. The lowest BCUT2D eigenvalue weighted by molar-refractivity contribution is -0.159. The van der Waals surface area contributed by atoms with E-state index >= 15 is 0 Å². The molecule has 0 aliphatic rings. The highest BCUT2D eigenvalue weighted by Crippen LogP contribution is 2.25. The predicted molar refractivity (Wildman–Crippen MR) is 97.5 cm³/mol. The molecule has 0 saturated heterocycles. The van der Waals surface area contributed by atoms with Gasteiger partial charge in [-0.05, 0) is 30.1 Å². The Morgan fingerprint density at radius 1 is 0.750 bits per heavy atom. The number of hydrogen-bond acceptors (Lipinski definition) is 4. The number of carbonyl (C=O) groups excluding carboxylic acids is 2. The molecule has 0 amide bonds. The van der Waals surface area contributed by atoms with Crippen molar-refractivity contribution in [3.63, 3.8) is 0 Å². The van der Waals surface area contributed by atoms with Crippen LogP contribution in [0.1, 0.15) is 74.7 Å². The van der Waals surface area contributed by atoms with Crippen molar-refractivity contribution in [2.24, 2.45) is 29.6 Å². The number of rotatable bonds is 11. The molecule has 142 valence electrons. The fourth-order valence-corrected chi connectivity index (χ4v) is 2.64. The Hall–Kier alpha value is -1.06. The van der Waals surface area contributed by atoms with Crippen molar-refractivity contribution in [3.05, 3.63) is 0 Å². The van der Waals surface area contributed by atoms with Gasteiger partial charge < -0.3 is 9.47 Å². The van der Waals surface area contributed by atoms with Crippen LogP contribution >= 0.6 is 0 Å². The highest BCUT2D eigenvalue weighted by atomic mass is 16.6. The molecule has 4 heteroatoms. The van der Waals surface area contributed by atoms with E-state index in [2.05, 4.69) is 27.7 Å². The van der Waals surface area contributed by atoms with Crippen LogP contribution in [0.3, 0.4) is 0 Å². The third kappa shape index (κ3) is 10.7. The van der Waals surface area contributed by atoms with Gasteiger partial charge in [-0.1, -0.05) is 55.4 Å². The maximum absolute atomic E-state index is 12.1. The molecule has 0 rings (SSSR count). The first kappa shape index (κ1) is 22.9. The maximum Gasteiger partial charge on any atom is 0.306 e. The second kappa shape index (κ2) is 11.5. The van der Waals surface area contributed by atoms with E-state index in [0.29, 0.717) is 25.4 Å². The van der Waals surface area contributed by atoms with Gasteiger partial charge >= 0.3 is 11.9 Å². The molecule has 4 nitrogen and oxygen atoms in total. The van der Waals surface area contributed by atoms with Crippen molar-refractivity contribution in [3.8, 4) is 0 Å². The molecule has 2 unspecified atom stereocenters. The summed E-state index contributed by atoms with van der Waals surface area (Å²) in [6.45, 7) is 16.7. The lowest BCUT2D eigenvalue weighted by atomic mass is 9.86. The summed E-state index contributed by atoms with van der Waals surface area (Å²) in [4.78, 5) is 24.0. The molecule has 0 aliphatic carbocycles. The van der Waals surface area contributed by atoms with Crippen molar-refractivity contribution in [2.45, 2.75) is 80.8 Å². The van der Waals surface area contributed by atoms with Crippen LogP contribution < -0.4 is 0 Å². The largest absolute Gasteiger partial charge is 0.465 e. The normalized spacial score (nSPS) is 14.3. The lowest BCUT2D eigenvalue weighted by Crippen LogP contribution is -2.35. The molecule has 2 atom stereocenters. The quantitative estimate of drug-likeness (QED) is 0.504. The van der Waals surface area contributed by atoms with Crippen LogP contribution in [-0.4, -0.2) is 24.6 Å². The maximum atomic E-state index is 12.1. The zero-order valence-corrected chi connectivity index (χ0v) is 16.9. The van der Waals surface area contributed by atoms with Gasteiger partial charge in [-0.3, -0.25) is 9.59 Å². The lowest BCUT2D eigenvalue weighted by Gasteiger charge is -2.31. The number of hydrogen-bond donors (Lipinski definition) is 0. The summed E-state index contributed by atoms with van der Waals surface area (Å²) in [5.41, 5.74) is 0. The van der Waals surface area contributed by atoms with E-state index < -0.39 is 0 Å². The van der Waals surface area contributed by atoms with Crippen LogP contribution in [0, 0.1) is 29.6 Å². The standard InChI is InChI=1S/C20H38O4/c1-13(2)9-18(24-20(22)11-15(5)6)17(16(7)8)12-23-19(21)10-14(3)4/h13-18H,9-12H2,1-8H3. The van der Waals surface area contributed by atoms with E-state index in [1.807, 2.05) is 27.7 Å². The summed E-state index contributed by atoms with van der Waals surface area (Å²) in [7, 11) is 0. The number of carbonyl (C=O) groups is 2. The van der Waals surface area contributed by atoms with Gasteiger partial charge in [0.25, 0.3) is 0 Å². The van der Waals surface area contributed by atoms with Crippen molar-refractivity contribution < 1.29 is 19.1 Å². The van der Waals surface area contributed by atoms with Crippen molar-refractivity contribution in [1.29, 1.82) is 0 Å². The van der Waals surface area contributed by atoms with Crippen molar-refractivity contribution in [2.75, 3.05) is 6.61 Å². The molecule has 0 spiro atoms. The molecule has 0 aromatic heterocycles. The first-order valence-electron chi connectivity index (χ1n) is 9.37.